The molecule has 0 N–H and O–H groups in total. The molecule has 0 fully saturated rings. The molecule has 0 nitrogen and oxygen atoms in total. The molecule has 0 aliphatic heterocycles. The van der Waals surface area contributed by atoms with E-state index in [1.165, 1.54) is 3.57 Å². The molecule has 0 aliphatic rings. The van der Waals surface area contributed by atoms with Gasteiger partial charge in [0.1, 0.15) is 0 Å². The Hall–Kier alpha value is 0.970. The van der Waals surface area contributed by atoms with Gasteiger partial charge in [0.15, 0.2) is 0 Å². The lowest BCUT2D eigenvalue weighted by atomic mass is 10.2. The molecule has 11 heavy (non-hydrogen) atoms. The van der Waals surface area contributed by atoms with Gasteiger partial charge in [0.25, 0.3) is 0 Å². The van der Waals surface area contributed by atoms with Crippen LogP contribution in [0.2, 0.25) is 0 Å². The van der Waals surface area contributed by atoms with Crippen molar-refractivity contribution in [3.63, 3.8) is 0 Å². The van der Waals surface area contributed by atoms with Gasteiger partial charge in [-0.05, 0) is 86.3 Å². The molecule has 0 atom stereocenters. The number of rotatable bonds is 0. The standard InChI is InChI=1S/C8H2I3/c1-2-5-6(9)3-4-7(10)8(5)11/h3-4H. The third-order valence-corrected chi connectivity index (χ3v) is 5.12. The highest BCUT2D eigenvalue weighted by Gasteiger charge is 2.04. The summed E-state index contributed by atoms with van der Waals surface area (Å²) in [6, 6.07) is 4.05. The predicted molar refractivity (Wildman–Crippen MR) is 70.8 cm³/mol. The predicted octanol–water partition coefficient (Wildman–Crippen LogP) is 3.44. The third-order valence-electron chi connectivity index (χ3n) is 1.17. The Balaban J connectivity index is 3.44. The van der Waals surface area contributed by atoms with Gasteiger partial charge < -0.3 is 0 Å². The van der Waals surface area contributed by atoms with Crippen LogP contribution in [-0.2, 0) is 0 Å². The highest BCUT2D eigenvalue weighted by molar-refractivity contribution is 14.1. The van der Waals surface area contributed by atoms with Crippen molar-refractivity contribution in [1.82, 2.24) is 0 Å². The molecule has 0 saturated heterocycles. The summed E-state index contributed by atoms with van der Waals surface area (Å²) in [6.07, 6.45) is 7.06. The van der Waals surface area contributed by atoms with Crippen molar-refractivity contribution in [3.05, 3.63) is 34.8 Å². The van der Waals surface area contributed by atoms with Crippen LogP contribution in [0.1, 0.15) is 5.56 Å². The minimum Gasteiger partial charge on any atom is -0.0506 e. The van der Waals surface area contributed by atoms with Crippen LogP contribution in [0, 0.1) is 23.1 Å². The first-order chi connectivity index (χ1) is 5.16. The second-order valence-corrected chi connectivity index (χ2v) is 5.25. The van der Waals surface area contributed by atoms with E-state index < -0.39 is 0 Å². The van der Waals surface area contributed by atoms with Crippen molar-refractivity contribution in [2.45, 2.75) is 0 Å². The molecule has 0 heterocycles. The van der Waals surface area contributed by atoms with Gasteiger partial charge >= 0.3 is 0 Å². The van der Waals surface area contributed by atoms with E-state index in [0.29, 0.717) is 0 Å². The molecule has 0 aromatic heterocycles. The molecular formula is C8H2I3. The van der Waals surface area contributed by atoms with Gasteiger partial charge in [-0.1, -0.05) is 5.92 Å². The lowest BCUT2D eigenvalue weighted by Gasteiger charge is -2.01. The van der Waals surface area contributed by atoms with Crippen molar-refractivity contribution in [2.75, 3.05) is 0 Å². The molecule has 0 saturated carbocycles. The summed E-state index contributed by atoms with van der Waals surface area (Å²) in [4.78, 5) is 0. The fourth-order valence-corrected chi connectivity index (χ4v) is 2.80. The Morgan fingerprint density at radius 1 is 1.09 bits per heavy atom. The highest BCUT2D eigenvalue weighted by atomic mass is 127. The molecule has 3 heteroatoms. The quantitative estimate of drug-likeness (QED) is 0.304. The van der Waals surface area contributed by atoms with Crippen LogP contribution in [0.15, 0.2) is 12.1 Å². The zero-order chi connectivity index (χ0) is 8.43. The number of hydrogen-bond acceptors (Lipinski definition) is 0. The Bertz CT molecular complexity index is 323. The van der Waals surface area contributed by atoms with Crippen LogP contribution in [0.5, 0.6) is 0 Å². The SMILES string of the molecule is [C]#Cc1c(I)ccc(I)c1I. The number of halogens is 3. The molecule has 1 aromatic rings. The summed E-state index contributed by atoms with van der Waals surface area (Å²) in [5.41, 5.74) is 0.901. The Kier molecular flexibility index (Phi) is 3.91. The number of benzene rings is 1. The molecule has 0 bridgehead atoms. The van der Waals surface area contributed by atoms with Crippen molar-refractivity contribution in [3.8, 4) is 5.92 Å². The molecular weight excluding hydrogens is 477 g/mol. The van der Waals surface area contributed by atoms with Crippen LogP contribution < -0.4 is 0 Å². The highest BCUT2D eigenvalue weighted by Crippen LogP contribution is 2.23. The lowest BCUT2D eigenvalue weighted by Crippen LogP contribution is -1.89. The Morgan fingerprint density at radius 2 is 1.64 bits per heavy atom. The molecule has 1 aromatic carbocycles. The summed E-state index contributed by atoms with van der Waals surface area (Å²) in [6.45, 7) is 0. The second kappa shape index (κ2) is 4.28. The third kappa shape index (κ3) is 2.21. The fourth-order valence-electron chi connectivity index (χ4n) is 0.642. The first-order valence-corrected chi connectivity index (χ1v) is 5.96. The Morgan fingerprint density at radius 3 is 2.09 bits per heavy atom. The average Bonchev–Trinajstić information content (AvgIpc) is 1.99. The van der Waals surface area contributed by atoms with E-state index in [-0.39, 0.29) is 0 Å². The van der Waals surface area contributed by atoms with E-state index in [0.717, 1.165) is 12.7 Å². The summed E-state index contributed by atoms with van der Waals surface area (Å²) in [7, 11) is 0. The van der Waals surface area contributed by atoms with Gasteiger partial charge in [-0.25, -0.2) is 0 Å². The summed E-state index contributed by atoms with van der Waals surface area (Å²) in [5.74, 6) is 2.43. The zero-order valence-corrected chi connectivity index (χ0v) is 11.8. The normalized spacial score (nSPS) is 9.27. The van der Waals surface area contributed by atoms with E-state index in [9.17, 15) is 0 Å². The monoisotopic (exact) mass is 479 g/mol. The van der Waals surface area contributed by atoms with Crippen molar-refractivity contribution >= 4 is 67.8 Å². The van der Waals surface area contributed by atoms with E-state index in [1.54, 1.807) is 0 Å². The molecule has 0 aliphatic carbocycles. The zero-order valence-electron chi connectivity index (χ0n) is 5.29. The second-order valence-electron chi connectivity index (χ2n) is 1.84. The van der Waals surface area contributed by atoms with Crippen LogP contribution >= 0.6 is 67.8 Å². The van der Waals surface area contributed by atoms with E-state index in [4.69, 9.17) is 6.42 Å². The minimum atomic E-state index is 0.901. The maximum atomic E-state index is 7.06. The lowest BCUT2D eigenvalue weighted by molar-refractivity contribution is 1.49. The fraction of sp³-hybridized carbons (Fsp3) is 0. The maximum absolute atomic E-state index is 7.06. The van der Waals surface area contributed by atoms with Crippen molar-refractivity contribution in [1.29, 1.82) is 0 Å². The average molecular weight is 479 g/mol. The molecule has 55 valence electrons. The van der Waals surface area contributed by atoms with Gasteiger partial charge in [0.2, 0.25) is 0 Å². The molecule has 1 rings (SSSR count). The summed E-state index contributed by atoms with van der Waals surface area (Å²) in [5, 5.41) is 0. The molecule has 1 radical (unpaired) electrons. The van der Waals surface area contributed by atoms with E-state index >= 15 is 0 Å². The van der Waals surface area contributed by atoms with Crippen LogP contribution in [-0.4, -0.2) is 0 Å². The van der Waals surface area contributed by atoms with Crippen molar-refractivity contribution < 1.29 is 0 Å². The van der Waals surface area contributed by atoms with Crippen LogP contribution in [0.3, 0.4) is 0 Å². The van der Waals surface area contributed by atoms with Gasteiger partial charge in [0, 0.05) is 10.7 Å². The van der Waals surface area contributed by atoms with Gasteiger partial charge in [-0.2, -0.15) is 0 Å². The van der Waals surface area contributed by atoms with Crippen LogP contribution in [0.4, 0.5) is 0 Å². The van der Waals surface area contributed by atoms with Gasteiger partial charge in [0.05, 0.1) is 5.56 Å². The van der Waals surface area contributed by atoms with Gasteiger partial charge in [-0.3, -0.25) is 0 Å². The molecule has 0 spiro atoms. The number of hydrogen-bond donors (Lipinski definition) is 0. The summed E-state index contributed by atoms with van der Waals surface area (Å²) >= 11 is 6.70. The van der Waals surface area contributed by atoms with Gasteiger partial charge in [-0.15, -0.1) is 0 Å². The summed E-state index contributed by atoms with van der Waals surface area (Å²) < 4.78 is 3.38. The van der Waals surface area contributed by atoms with Crippen LogP contribution in [0.25, 0.3) is 0 Å². The van der Waals surface area contributed by atoms with E-state index in [2.05, 4.69) is 73.7 Å². The first kappa shape index (κ1) is 10.1. The largest absolute Gasteiger partial charge is 0.0533 e. The maximum Gasteiger partial charge on any atom is 0.0533 e. The topological polar surface area (TPSA) is 0 Å². The Labute approximate surface area is 107 Å². The molecule has 0 amide bonds. The smallest absolute Gasteiger partial charge is 0.0506 e. The minimum absolute atomic E-state index is 0.901. The first-order valence-electron chi connectivity index (χ1n) is 2.73. The molecule has 0 unspecified atom stereocenters. The van der Waals surface area contributed by atoms with Crippen molar-refractivity contribution in [2.24, 2.45) is 0 Å². The van der Waals surface area contributed by atoms with E-state index in [1.807, 2.05) is 12.1 Å².